The largest absolute Gasteiger partial charge is 0.467 e. The Balaban J connectivity index is 1.58. The molecule has 4 aromatic rings. The van der Waals surface area contributed by atoms with Crippen LogP contribution in [-0.2, 0) is 64.9 Å². The van der Waals surface area contributed by atoms with Crippen molar-refractivity contribution in [2.45, 2.75) is 81.4 Å². The fourth-order valence-electron chi connectivity index (χ4n) is 5.90. The Hall–Kier alpha value is -3.74. The molecule has 1 aliphatic heterocycles. The topological polar surface area (TPSA) is 113 Å². The number of esters is 1. The Bertz CT molecular complexity index is 1640. The molecule has 0 saturated carbocycles. The van der Waals surface area contributed by atoms with Crippen LogP contribution in [0.4, 0.5) is 0 Å². The summed E-state index contributed by atoms with van der Waals surface area (Å²) in [6, 6.07) is 36.4. The standard InChI is InChI=1S/C40H47NO8S/c1-39(2,3)50(44)41-37(40(43,38(42)45-4)32-23-15-8-16-24-32)36-35(48-27-31-21-13-7-14-22-31)34(47-26-30-19-11-6-12-20-30)33(49-36)28-46-25-29-17-9-5-10-18-29/h5-24,33-37,41,43H,25-28H2,1-4H3/t33-,34-,35+,36+,37-,40-,50+/m1/s1. The van der Waals surface area contributed by atoms with Gasteiger partial charge in [-0.05, 0) is 43.0 Å². The molecule has 1 aliphatic rings. The highest BCUT2D eigenvalue weighted by Crippen LogP contribution is 2.38. The monoisotopic (exact) mass is 701 g/mol. The van der Waals surface area contributed by atoms with Crippen molar-refractivity contribution in [2.24, 2.45) is 0 Å². The van der Waals surface area contributed by atoms with E-state index in [2.05, 4.69) is 4.72 Å². The third-order valence-corrected chi connectivity index (χ3v) is 10.2. The Morgan fingerprint density at radius 2 is 1.22 bits per heavy atom. The number of hydrogen-bond donors (Lipinski definition) is 2. The zero-order valence-corrected chi connectivity index (χ0v) is 29.8. The zero-order chi connectivity index (χ0) is 35.6. The van der Waals surface area contributed by atoms with Crippen molar-refractivity contribution in [1.82, 2.24) is 4.72 Å². The highest BCUT2D eigenvalue weighted by atomic mass is 32.2. The van der Waals surface area contributed by atoms with Crippen molar-refractivity contribution in [3.63, 3.8) is 0 Å². The Morgan fingerprint density at radius 1 is 0.760 bits per heavy atom. The van der Waals surface area contributed by atoms with Crippen molar-refractivity contribution in [3.8, 4) is 0 Å². The van der Waals surface area contributed by atoms with Crippen molar-refractivity contribution >= 4 is 17.0 Å². The normalized spacial score (nSPS) is 21.6. The number of methoxy groups -OCH3 is 1. The molecule has 50 heavy (non-hydrogen) atoms. The maximum atomic E-state index is 13.9. The minimum absolute atomic E-state index is 0.118. The number of hydrogen-bond acceptors (Lipinski definition) is 8. The van der Waals surface area contributed by atoms with Gasteiger partial charge in [0, 0.05) is 0 Å². The van der Waals surface area contributed by atoms with Gasteiger partial charge in [-0.25, -0.2) is 13.7 Å². The highest BCUT2D eigenvalue weighted by Gasteiger charge is 2.59. The molecule has 0 aromatic heterocycles. The molecule has 0 bridgehead atoms. The fraction of sp³-hybridized carbons (Fsp3) is 0.375. The van der Waals surface area contributed by atoms with Crippen LogP contribution in [-0.4, -0.2) is 64.2 Å². The second-order valence-corrected chi connectivity index (χ2v) is 15.3. The molecule has 2 N–H and O–H groups in total. The molecule has 9 nitrogen and oxygen atoms in total. The molecule has 0 amide bonds. The predicted octanol–water partition coefficient (Wildman–Crippen LogP) is 5.62. The minimum atomic E-state index is -2.35. The number of nitrogens with one attached hydrogen (secondary N) is 1. The average Bonchev–Trinajstić information content (AvgIpc) is 3.48. The summed E-state index contributed by atoms with van der Waals surface area (Å²) in [6.07, 6.45) is -3.35. The number of carbonyl (C=O) groups is 1. The van der Waals surface area contributed by atoms with Crippen LogP contribution in [0.15, 0.2) is 121 Å². The van der Waals surface area contributed by atoms with E-state index in [0.29, 0.717) is 6.61 Å². The van der Waals surface area contributed by atoms with Crippen molar-refractivity contribution in [1.29, 1.82) is 0 Å². The van der Waals surface area contributed by atoms with Crippen LogP contribution in [0.5, 0.6) is 0 Å². The Labute approximate surface area is 297 Å². The second-order valence-electron chi connectivity index (χ2n) is 13.3. The molecule has 0 aliphatic carbocycles. The maximum absolute atomic E-state index is 13.9. The van der Waals surface area contributed by atoms with Gasteiger partial charge >= 0.3 is 5.97 Å². The predicted molar refractivity (Wildman–Crippen MR) is 192 cm³/mol. The van der Waals surface area contributed by atoms with Crippen LogP contribution in [0.25, 0.3) is 0 Å². The Morgan fingerprint density at radius 3 is 1.70 bits per heavy atom. The zero-order valence-electron chi connectivity index (χ0n) is 29.0. The first-order valence-electron chi connectivity index (χ1n) is 16.7. The molecule has 1 saturated heterocycles. The van der Waals surface area contributed by atoms with Gasteiger partial charge in [0.1, 0.15) is 24.4 Å². The van der Waals surface area contributed by atoms with Crippen LogP contribution in [0.1, 0.15) is 43.0 Å². The highest BCUT2D eigenvalue weighted by molar-refractivity contribution is 7.84. The summed E-state index contributed by atoms with van der Waals surface area (Å²) in [7, 11) is -0.561. The van der Waals surface area contributed by atoms with Crippen molar-refractivity contribution < 1.29 is 37.8 Å². The molecule has 7 atom stereocenters. The number of carbonyl (C=O) groups excluding carboxylic acids is 1. The van der Waals surface area contributed by atoms with Gasteiger partial charge < -0.3 is 28.8 Å². The fourth-order valence-corrected chi connectivity index (χ4v) is 6.79. The summed E-state index contributed by atoms with van der Waals surface area (Å²) >= 11 is 0. The van der Waals surface area contributed by atoms with E-state index in [0.717, 1.165) is 16.7 Å². The Kier molecular flexibility index (Phi) is 13.1. The van der Waals surface area contributed by atoms with Crippen LogP contribution >= 0.6 is 0 Å². The minimum Gasteiger partial charge on any atom is -0.467 e. The first-order valence-corrected chi connectivity index (χ1v) is 17.9. The molecule has 266 valence electrons. The van der Waals surface area contributed by atoms with Gasteiger partial charge in [-0.3, -0.25) is 0 Å². The van der Waals surface area contributed by atoms with E-state index in [1.807, 2.05) is 91.0 Å². The third kappa shape index (κ3) is 9.32. The first-order chi connectivity index (χ1) is 24.1. The van der Waals surface area contributed by atoms with Crippen LogP contribution in [0.3, 0.4) is 0 Å². The summed E-state index contributed by atoms with van der Waals surface area (Å²) in [5, 5.41) is 12.6. The van der Waals surface area contributed by atoms with Gasteiger partial charge in [-0.2, -0.15) is 0 Å². The van der Waals surface area contributed by atoms with Gasteiger partial charge in [0.15, 0.2) is 0 Å². The molecule has 4 aromatic carbocycles. The summed E-state index contributed by atoms with van der Waals surface area (Å²) in [5.74, 6) is -0.942. The lowest BCUT2D eigenvalue weighted by molar-refractivity contribution is -0.175. The van der Waals surface area contributed by atoms with E-state index in [4.69, 9.17) is 23.7 Å². The summed E-state index contributed by atoms with van der Waals surface area (Å²) in [6.45, 7) is 6.29. The molecular formula is C40H47NO8S. The lowest BCUT2D eigenvalue weighted by atomic mass is 9.82. The molecule has 0 radical (unpaired) electrons. The quantitative estimate of drug-likeness (QED) is 0.145. The van der Waals surface area contributed by atoms with E-state index < -0.39 is 57.8 Å². The van der Waals surface area contributed by atoms with E-state index in [1.54, 1.807) is 51.1 Å². The molecule has 0 unspecified atom stereocenters. The van der Waals surface area contributed by atoms with Crippen molar-refractivity contribution in [3.05, 3.63) is 144 Å². The summed E-state index contributed by atoms with van der Waals surface area (Å²) in [5.41, 5.74) is 0.738. The second kappa shape index (κ2) is 17.5. The average molecular weight is 702 g/mol. The summed E-state index contributed by atoms with van der Waals surface area (Å²) in [4.78, 5) is 13.8. The van der Waals surface area contributed by atoms with Crippen LogP contribution in [0, 0.1) is 0 Å². The SMILES string of the molecule is COC(=O)[C@@](O)(c1ccccc1)[C@H](N[S@@](=O)C(C)(C)C)[C@H]1O[C@H](COCc2ccccc2)[C@@H](OCc2ccccc2)[C@@H]1OCc1ccccc1. The molecular weight excluding hydrogens is 655 g/mol. The molecule has 0 spiro atoms. The summed E-state index contributed by atoms with van der Waals surface area (Å²) < 4.78 is 47.8. The van der Waals surface area contributed by atoms with Crippen molar-refractivity contribution in [2.75, 3.05) is 13.7 Å². The maximum Gasteiger partial charge on any atom is 0.344 e. The third-order valence-electron chi connectivity index (χ3n) is 8.59. The number of ether oxygens (including phenoxy) is 5. The van der Waals surface area contributed by atoms with Gasteiger partial charge in [-0.15, -0.1) is 0 Å². The number of benzene rings is 4. The van der Waals surface area contributed by atoms with Gasteiger partial charge in [-0.1, -0.05) is 121 Å². The number of aliphatic hydroxyl groups is 1. The molecule has 5 rings (SSSR count). The smallest absolute Gasteiger partial charge is 0.344 e. The molecule has 1 heterocycles. The lowest BCUT2D eigenvalue weighted by Gasteiger charge is -2.40. The van der Waals surface area contributed by atoms with E-state index in [9.17, 15) is 14.1 Å². The van der Waals surface area contributed by atoms with Gasteiger partial charge in [0.05, 0.1) is 55.3 Å². The molecule has 10 heteroatoms. The lowest BCUT2D eigenvalue weighted by Crippen LogP contribution is -2.63. The van der Waals surface area contributed by atoms with Crippen LogP contribution < -0.4 is 4.72 Å². The van der Waals surface area contributed by atoms with Gasteiger partial charge in [0.25, 0.3) is 0 Å². The van der Waals surface area contributed by atoms with E-state index in [1.165, 1.54) is 7.11 Å². The molecule has 1 fully saturated rings. The van der Waals surface area contributed by atoms with E-state index >= 15 is 0 Å². The van der Waals surface area contributed by atoms with Gasteiger partial charge in [0.2, 0.25) is 5.60 Å². The van der Waals surface area contributed by atoms with E-state index in [-0.39, 0.29) is 25.4 Å². The first kappa shape index (κ1) is 37.5. The number of rotatable bonds is 16. The van der Waals surface area contributed by atoms with Crippen LogP contribution in [0.2, 0.25) is 0 Å².